The molecule has 0 unspecified atom stereocenters. The molecule has 0 saturated carbocycles. The Labute approximate surface area is 74.3 Å². The standard InChI is InChI=1S/C3H2O5.H2O.Zr/c4-1(2(5)6)3(7)8;;/h(H,5,6)(H,7,8);1H2;. The van der Waals surface area contributed by atoms with E-state index in [-0.39, 0.29) is 31.7 Å². The van der Waals surface area contributed by atoms with Crippen LogP contribution in [0, 0.1) is 0 Å². The van der Waals surface area contributed by atoms with Crippen molar-refractivity contribution in [1.29, 1.82) is 0 Å². The molecule has 0 aliphatic heterocycles. The van der Waals surface area contributed by atoms with Gasteiger partial charge < -0.3 is 15.7 Å². The van der Waals surface area contributed by atoms with E-state index >= 15 is 0 Å². The van der Waals surface area contributed by atoms with Gasteiger partial charge in [-0.25, -0.2) is 9.59 Å². The third-order valence-electron chi connectivity index (χ3n) is 0.388. The molecule has 6 nitrogen and oxygen atoms in total. The third kappa shape index (κ3) is 5.59. The third-order valence-corrected chi connectivity index (χ3v) is 0.388. The normalized spacial score (nSPS) is 6.40. The van der Waals surface area contributed by atoms with Crippen molar-refractivity contribution in [3.8, 4) is 0 Å². The number of hydrogen-bond donors (Lipinski definition) is 2. The molecule has 4 N–H and O–H groups in total. The Morgan fingerprint density at radius 1 is 0.900 bits per heavy atom. The zero-order valence-corrected chi connectivity index (χ0v) is 7.08. The van der Waals surface area contributed by atoms with Crippen LogP contribution in [0.3, 0.4) is 0 Å². The molecule has 0 aliphatic rings. The van der Waals surface area contributed by atoms with Gasteiger partial charge in [0.2, 0.25) is 0 Å². The van der Waals surface area contributed by atoms with Crippen molar-refractivity contribution in [3.05, 3.63) is 0 Å². The molecule has 56 valence electrons. The van der Waals surface area contributed by atoms with Crippen LogP contribution in [0.5, 0.6) is 0 Å². The van der Waals surface area contributed by atoms with Gasteiger partial charge in [-0.2, -0.15) is 0 Å². The summed E-state index contributed by atoms with van der Waals surface area (Å²) in [4.78, 5) is 28.5. The maximum Gasteiger partial charge on any atom is 0.384 e. The molecular formula is C3H4O6Zr. The summed E-state index contributed by atoms with van der Waals surface area (Å²) in [5.41, 5.74) is 0. The predicted octanol–water partition coefficient (Wildman–Crippen LogP) is -2.10. The maximum atomic E-state index is 9.64. The molecule has 10 heavy (non-hydrogen) atoms. The molecule has 0 bridgehead atoms. The van der Waals surface area contributed by atoms with Crippen molar-refractivity contribution >= 4 is 17.7 Å². The molecule has 0 aliphatic carbocycles. The first-order valence-corrected chi connectivity index (χ1v) is 1.56. The number of carboxylic acid groups (broad SMARTS) is 2. The topological polar surface area (TPSA) is 123 Å². The first-order valence-electron chi connectivity index (χ1n) is 1.56. The van der Waals surface area contributed by atoms with Crippen LogP contribution in [0.2, 0.25) is 0 Å². The van der Waals surface area contributed by atoms with Crippen LogP contribution in [-0.2, 0) is 40.6 Å². The number of carboxylic acids is 2. The molecule has 0 radical (unpaired) electrons. The first kappa shape index (κ1) is 16.2. The van der Waals surface area contributed by atoms with Crippen molar-refractivity contribution in [1.82, 2.24) is 0 Å². The molecule has 0 saturated heterocycles. The Kier molecular flexibility index (Phi) is 10.7. The average molecular weight is 227 g/mol. The van der Waals surface area contributed by atoms with Crippen LogP contribution >= 0.6 is 0 Å². The Morgan fingerprint density at radius 3 is 1.10 bits per heavy atom. The fourth-order valence-corrected chi connectivity index (χ4v) is 0.0915. The summed E-state index contributed by atoms with van der Waals surface area (Å²) in [6.45, 7) is 0. The monoisotopic (exact) mass is 226 g/mol. The number of aliphatic carboxylic acids is 2. The number of rotatable bonds is 2. The maximum absolute atomic E-state index is 9.64. The van der Waals surface area contributed by atoms with Crippen molar-refractivity contribution in [2.75, 3.05) is 0 Å². The zero-order valence-electron chi connectivity index (χ0n) is 4.62. The Morgan fingerprint density at radius 2 is 1.10 bits per heavy atom. The van der Waals surface area contributed by atoms with Gasteiger partial charge in [0.05, 0.1) is 0 Å². The molecule has 0 aromatic rings. The molecule has 7 heteroatoms. The van der Waals surface area contributed by atoms with Crippen LogP contribution in [-0.4, -0.2) is 33.4 Å². The second-order valence-electron chi connectivity index (χ2n) is 0.939. The molecule has 0 atom stereocenters. The van der Waals surface area contributed by atoms with Gasteiger partial charge in [-0.05, 0) is 0 Å². The number of carbonyl (C=O) groups excluding carboxylic acids is 1. The van der Waals surface area contributed by atoms with E-state index in [9.17, 15) is 14.4 Å². The fraction of sp³-hybridized carbons (Fsp3) is 0. The molecule has 0 amide bonds. The summed E-state index contributed by atoms with van der Waals surface area (Å²) in [7, 11) is 0. The van der Waals surface area contributed by atoms with E-state index in [0.717, 1.165) is 0 Å². The molecular weight excluding hydrogens is 223 g/mol. The molecule has 0 aromatic heterocycles. The Bertz CT molecular complexity index is 135. The van der Waals surface area contributed by atoms with Crippen molar-refractivity contribution in [2.24, 2.45) is 0 Å². The van der Waals surface area contributed by atoms with Crippen LogP contribution < -0.4 is 0 Å². The molecule has 0 rings (SSSR count). The summed E-state index contributed by atoms with van der Waals surface area (Å²) in [5, 5.41) is 15.2. The van der Waals surface area contributed by atoms with Gasteiger partial charge in [0.25, 0.3) is 0 Å². The molecule has 0 spiro atoms. The quantitative estimate of drug-likeness (QED) is 0.413. The van der Waals surface area contributed by atoms with E-state index < -0.39 is 17.7 Å². The molecule has 0 aromatic carbocycles. The SMILES string of the molecule is O.O=C(O)C(=O)C(=O)O.[Zr]. The van der Waals surface area contributed by atoms with Gasteiger partial charge in [-0.3, -0.25) is 4.79 Å². The van der Waals surface area contributed by atoms with E-state index in [2.05, 4.69) is 0 Å². The van der Waals surface area contributed by atoms with E-state index in [4.69, 9.17) is 10.2 Å². The molecule has 0 fully saturated rings. The number of hydrogen-bond acceptors (Lipinski definition) is 3. The number of ketones is 1. The van der Waals surface area contributed by atoms with Gasteiger partial charge in [-0.15, -0.1) is 0 Å². The van der Waals surface area contributed by atoms with E-state index in [1.165, 1.54) is 0 Å². The number of carbonyl (C=O) groups is 3. The summed E-state index contributed by atoms with van der Waals surface area (Å²) >= 11 is 0. The first-order chi connectivity index (χ1) is 3.55. The van der Waals surface area contributed by atoms with Crippen molar-refractivity contribution in [3.63, 3.8) is 0 Å². The minimum absolute atomic E-state index is 0. The Hall–Kier alpha value is -0.547. The van der Waals surface area contributed by atoms with Crippen LogP contribution in [0.25, 0.3) is 0 Å². The number of Topliss-reactive ketones (excluding diaryl/α,β-unsaturated/α-hetero) is 1. The Balaban J connectivity index is -0.000000245. The fourth-order valence-electron chi connectivity index (χ4n) is 0.0915. The van der Waals surface area contributed by atoms with E-state index in [0.29, 0.717) is 0 Å². The predicted molar refractivity (Wildman–Crippen MR) is 23.9 cm³/mol. The van der Waals surface area contributed by atoms with Crippen molar-refractivity contribution in [2.45, 2.75) is 0 Å². The van der Waals surface area contributed by atoms with Crippen LogP contribution in [0.15, 0.2) is 0 Å². The second-order valence-corrected chi connectivity index (χ2v) is 0.939. The van der Waals surface area contributed by atoms with Gasteiger partial charge in [0.1, 0.15) is 0 Å². The summed E-state index contributed by atoms with van der Waals surface area (Å²) < 4.78 is 0. The summed E-state index contributed by atoms with van der Waals surface area (Å²) in [6.07, 6.45) is 0. The van der Waals surface area contributed by atoms with Crippen molar-refractivity contribution < 1.29 is 56.3 Å². The van der Waals surface area contributed by atoms with Gasteiger partial charge >= 0.3 is 17.7 Å². The molecule has 0 heterocycles. The largest absolute Gasteiger partial charge is 0.475 e. The van der Waals surface area contributed by atoms with Gasteiger partial charge in [0, 0.05) is 26.2 Å². The minimum Gasteiger partial charge on any atom is -0.475 e. The average Bonchev–Trinajstić information content (AvgIpc) is 1.64. The zero-order chi connectivity index (χ0) is 6.73. The van der Waals surface area contributed by atoms with E-state index in [1.807, 2.05) is 0 Å². The van der Waals surface area contributed by atoms with Gasteiger partial charge in [-0.1, -0.05) is 0 Å². The van der Waals surface area contributed by atoms with Crippen LogP contribution in [0.4, 0.5) is 0 Å². The van der Waals surface area contributed by atoms with Crippen LogP contribution in [0.1, 0.15) is 0 Å². The summed E-state index contributed by atoms with van der Waals surface area (Å²) in [5.74, 6) is -5.71. The smallest absolute Gasteiger partial charge is 0.384 e. The second kappa shape index (κ2) is 6.57. The summed E-state index contributed by atoms with van der Waals surface area (Å²) in [6, 6.07) is 0. The van der Waals surface area contributed by atoms with E-state index in [1.54, 1.807) is 0 Å². The van der Waals surface area contributed by atoms with Gasteiger partial charge in [0.15, 0.2) is 0 Å². The minimum atomic E-state index is -1.95.